The number of benzene rings is 2. The van der Waals surface area contributed by atoms with Gasteiger partial charge in [0.1, 0.15) is 5.75 Å². The number of carbonyl (C=O) groups excluding carboxylic acids is 2. The van der Waals surface area contributed by atoms with Crippen molar-refractivity contribution in [3.63, 3.8) is 0 Å². The largest absolute Gasteiger partial charge is 0.711 e. The molecule has 3 aromatic rings. The predicted octanol–water partition coefficient (Wildman–Crippen LogP) is 3.73. The van der Waals surface area contributed by atoms with E-state index >= 15 is 0 Å². The number of hydrogen-bond donors (Lipinski definition) is 2. The number of fused-ring (bicyclic) bond motifs is 1. The lowest BCUT2D eigenvalue weighted by Gasteiger charge is -2.35. The number of ether oxygens (including phenoxy) is 1. The average molecular weight is 444 g/mol. The number of ketones is 1. The van der Waals surface area contributed by atoms with Crippen molar-refractivity contribution in [2.24, 2.45) is 0 Å². The average Bonchev–Trinajstić information content (AvgIpc) is 2.79. The summed E-state index contributed by atoms with van der Waals surface area (Å²) < 4.78 is 5.93. The van der Waals surface area contributed by atoms with Gasteiger partial charge in [-0.3, -0.25) is 4.79 Å². The van der Waals surface area contributed by atoms with Crippen LogP contribution >= 0.6 is 0 Å². The third-order valence-corrected chi connectivity index (χ3v) is 5.46. The number of nitrogens with one attached hydrogen (secondary N) is 2. The molecule has 1 aliphatic rings. The van der Waals surface area contributed by atoms with Gasteiger partial charge < -0.3 is 15.3 Å². The summed E-state index contributed by atoms with van der Waals surface area (Å²) in [5.41, 5.74) is 3.17. The molecule has 1 aliphatic heterocycles. The first-order valence-corrected chi connectivity index (χ1v) is 10.6. The van der Waals surface area contributed by atoms with Crippen LogP contribution < -0.4 is 20.1 Å². The minimum Gasteiger partial charge on any atom is -0.711 e. The molecule has 168 valence electrons. The van der Waals surface area contributed by atoms with E-state index in [-0.39, 0.29) is 22.7 Å². The molecule has 0 unspecified atom stereocenters. The number of nitrogens with zero attached hydrogens (tertiary/aromatic N) is 1. The maximum Gasteiger partial charge on any atom is 0.339 e. The Morgan fingerprint density at radius 2 is 1.88 bits per heavy atom. The van der Waals surface area contributed by atoms with Gasteiger partial charge in [0.15, 0.2) is 5.78 Å². The van der Waals surface area contributed by atoms with Crippen LogP contribution in [0.2, 0.25) is 0 Å². The monoisotopic (exact) mass is 443 g/mol. The van der Waals surface area contributed by atoms with E-state index in [1.165, 1.54) is 18.3 Å². The zero-order chi connectivity index (χ0) is 23.6. The van der Waals surface area contributed by atoms with E-state index in [1.807, 2.05) is 18.2 Å². The fourth-order valence-corrected chi connectivity index (χ4v) is 3.90. The van der Waals surface area contributed by atoms with Crippen molar-refractivity contribution in [2.75, 3.05) is 12.4 Å². The van der Waals surface area contributed by atoms with Gasteiger partial charge in [0, 0.05) is 34.5 Å². The maximum absolute atomic E-state index is 13.1. The molecule has 7 heteroatoms. The molecule has 2 aromatic carbocycles. The number of amides is 1. The van der Waals surface area contributed by atoms with E-state index < -0.39 is 5.91 Å². The Morgan fingerprint density at radius 1 is 1.09 bits per heavy atom. The number of hydrogen-bond acceptors (Lipinski definition) is 5. The van der Waals surface area contributed by atoms with Crippen LogP contribution in [0, 0.1) is 5.21 Å². The Bertz CT molecular complexity index is 1260. The maximum atomic E-state index is 13.1. The fourth-order valence-electron chi connectivity index (χ4n) is 3.90. The lowest BCUT2D eigenvalue weighted by atomic mass is 9.85. The first kappa shape index (κ1) is 22.1. The van der Waals surface area contributed by atoms with Gasteiger partial charge in [-0.1, -0.05) is 24.3 Å². The highest BCUT2D eigenvalue weighted by Crippen LogP contribution is 2.32. The van der Waals surface area contributed by atoms with Gasteiger partial charge in [-0.15, -0.1) is 0 Å². The number of methoxy groups -OCH3 is 1. The molecule has 0 radical (unpaired) electrons. The number of pyridine rings is 1. The molecule has 0 bridgehead atoms. The number of rotatable bonds is 5. The summed E-state index contributed by atoms with van der Waals surface area (Å²) in [6, 6.07) is 17.0. The number of aromatic nitrogens is 1. The fraction of sp³-hybridized carbons (Fsp3) is 0.192. The topological polar surface area (TPSA) is 94.4 Å². The number of anilines is 1. The molecule has 4 rings (SSSR count). The van der Waals surface area contributed by atoms with Crippen LogP contribution in [0.5, 0.6) is 5.75 Å². The molecule has 33 heavy (non-hydrogen) atoms. The summed E-state index contributed by atoms with van der Waals surface area (Å²) in [5, 5.41) is 17.8. The molecule has 2 N–H and O–H groups in total. The molecule has 0 saturated heterocycles. The Hall–Kier alpha value is -4.13. The third-order valence-electron chi connectivity index (χ3n) is 5.46. The summed E-state index contributed by atoms with van der Waals surface area (Å²) in [6.45, 7) is 4.16. The van der Waals surface area contributed by atoms with Crippen molar-refractivity contribution in [3.05, 3.63) is 100 Å². The smallest absolute Gasteiger partial charge is 0.339 e. The van der Waals surface area contributed by atoms with Crippen molar-refractivity contribution < 1.29 is 19.1 Å². The van der Waals surface area contributed by atoms with Crippen LogP contribution in [0.25, 0.3) is 5.70 Å². The number of carbonyl (C=O) groups is 2. The van der Waals surface area contributed by atoms with E-state index in [4.69, 9.17) is 4.74 Å². The molecule has 0 aliphatic carbocycles. The summed E-state index contributed by atoms with van der Waals surface area (Å²) >= 11 is 0. The summed E-state index contributed by atoms with van der Waals surface area (Å²) in [4.78, 5) is 25.8. The second kappa shape index (κ2) is 8.78. The molecule has 1 aromatic heterocycles. The summed E-state index contributed by atoms with van der Waals surface area (Å²) in [7, 11) is 1.61. The molecule has 7 nitrogen and oxygen atoms in total. The van der Waals surface area contributed by atoms with Crippen molar-refractivity contribution in [3.8, 4) is 5.75 Å². The van der Waals surface area contributed by atoms with Crippen LogP contribution in [0.15, 0.2) is 72.9 Å². The van der Waals surface area contributed by atoms with E-state index in [1.54, 1.807) is 43.5 Å². The van der Waals surface area contributed by atoms with E-state index in [2.05, 4.69) is 24.5 Å². The van der Waals surface area contributed by atoms with Gasteiger partial charge in [0.25, 0.3) is 5.82 Å². The van der Waals surface area contributed by atoms with Crippen molar-refractivity contribution in [1.82, 2.24) is 5.32 Å². The van der Waals surface area contributed by atoms with Crippen LogP contribution in [-0.4, -0.2) is 24.3 Å². The minimum absolute atomic E-state index is 0.112. The highest BCUT2D eigenvalue weighted by atomic mass is 16.5. The van der Waals surface area contributed by atoms with Crippen LogP contribution in [0.1, 0.15) is 45.7 Å². The Labute approximate surface area is 192 Å². The SMILES string of the molecule is COc1ccc2c(c1)C(=CC(=O)c1cccc(C(=O)Nc3cccc[n+]3[O-])c1)NC(C)(C)C2. The van der Waals surface area contributed by atoms with Crippen molar-refractivity contribution in [2.45, 2.75) is 25.8 Å². The second-order valence-electron chi connectivity index (χ2n) is 8.58. The van der Waals surface area contributed by atoms with E-state index in [0.29, 0.717) is 21.7 Å². The molecule has 0 fully saturated rings. The predicted molar refractivity (Wildman–Crippen MR) is 126 cm³/mol. The third kappa shape index (κ3) is 4.87. The zero-order valence-corrected chi connectivity index (χ0v) is 18.7. The molecule has 0 atom stereocenters. The normalized spacial score (nSPS) is 15.3. The minimum atomic E-state index is -0.472. The zero-order valence-electron chi connectivity index (χ0n) is 18.7. The van der Waals surface area contributed by atoms with Crippen molar-refractivity contribution >= 4 is 23.2 Å². The lowest BCUT2D eigenvalue weighted by molar-refractivity contribution is -0.590. The molecule has 0 saturated carbocycles. The molecule has 0 spiro atoms. The summed E-state index contributed by atoms with van der Waals surface area (Å²) in [6.07, 6.45) is 3.67. The second-order valence-corrected chi connectivity index (χ2v) is 8.58. The van der Waals surface area contributed by atoms with Gasteiger partial charge in [0.2, 0.25) is 0 Å². The van der Waals surface area contributed by atoms with Crippen LogP contribution in [0.4, 0.5) is 5.82 Å². The first-order valence-electron chi connectivity index (χ1n) is 10.6. The van der Waals surface area contributed by atoms with Crippen LogP contribution in [-0.2, 0) is 6.42 Å². The molecule has 1 amide bonds. The highest BCUT2D eigenvalue weighted by Gasteiger charge is 2.28. The van der Waals surface area contributed by atoms with Gasteiger partial charge in [0.05, 0.1) is 18.9 Å². The van der Waals surface area contributed by atoms with E-state index in [0.717, 1.165) is 17.5 Å². The Kier molecular flexibility index (Phi) is 5.87. The standard InChI is InChI=1S/C26H25N3O4/c1-26(2)16-19-10-11-20(33-3)14-21(19)22(28-26)15-23(30)17-7-6-8-18(13-17)25(31)27-24-9-4-5-12-29(24)32/h4-15,28H,16H2,1-3H3,(H,27,31). The summed E-state index contributed by atoms with van der Waals surface area (Å²) in [5.74, 6) is 0.113. The lowest BCUT2D eigenvalue weighted by Crippen LogP contribution is -2.43. The Balaban J connectivity index is 1.63. The molecular formula is C26H25N3O4. The van der Waals surface area contributed by atoms with Gasteiger partial charge >= 0.3 is 5.91 Å². The molecule has 2 heterocycles. The quantitative estimate of drug-likeness (QED) is 0.271. The van der Waals surface area contributed by atoms with Gasteiger partial charge in [-0.25, -0.2) is 14.8 Å². The van der Waals surface area contributed by atoms with Gasteiger partial charge in [-0.05, 0) is 56.2 Å². The van der Waals surface area contributed by atoms with Crippen molar-refractivity contribution in [1.29, 1.82) is 0 Å². The highest BCUT2D eigenvalue weighted by molar-refractivity contribution is 6.11. The van der Waals surface area contributed by atoms with Gasteiger partial charge in [-0.2, -0.15) is 0 Å². The Morgan fingerprint density at radius 3 is 2.64 bits per heavy atom. The van der Waals surface area contributed by atoms with E-state index in [9.17, 15) is 14.8 Å². The molecular weight excluding hydrogens is 418 g/mol. The number of allylic oxidation sites excluding steroid dienone is 1. The first-order chi connectivity index (χ1) is 15.8. The van der Waals surface area contributed by atoms with Crippen LogP contribution in [0.3, 0.4) is 0 Å².